The zero-order valence-corrected chi connectivity index (χ0v) is 20.4. The maximum atomic E-state index is 13.6. The zero-order valence-electron chi connectivity index (χ0n) is 20.4. The van der Waals surface area contributed by atoms with Crippen molar-refractivity contribution in [2.45, 2.75) is 57.7 Å². The van der Waals surface area contributed by atoms with Crippen molar-refractivity contribution < 1.29 is 23.5 Å². The maximum absolute atomic E-state index is 13.6. The minimum atomic E-state index is -1.05. The molecule has 0 saturated heterocycles. The van der Waals surface area contributed by atoms with Gasteiger partial charge in [-0.05, 0) is 61.9 Å². The molecule has 2 unspecified atom stereocenters. The van der Waals surface area contributed by atoms with Crippen LogP contribution in [-0.2, 0) is 23.2 Å². The first kappa shape index (κ1) is 26.6. The Morgan fingerprint density at radius 3 is 2.60 bits per heavy atom. The van der Waals surface area contributed by atoms with Crippen LogP contribution in [-0.4, -0.2) is 53.8 Å². The number of hydrogen-bond acceptors (Lipinski definition) is 4. The molecule has 2 aromatic carbocycles. The monoisotopic (exact) mass is 488 g/mol. The number of amides is 3. The fourth-order valence-electron chi connectivity index (χ4n) is 4.28. The van der Waals surface area contributed by atoms with Gasteiger partial charge >= 0.3 is 6.03 Å². The Labute approximate surface area is 204 Å². The summed E-state index contributed by atoms with van der Waals surface area (Å²) < 4.78 is 27.2. The second-order valence-electron chi connectivity index (χ2n) is 9.59. The fourth-order valence-corrected chi connectivity index (χ4v) is 4.28. The van der Waals surface area contributed by atoms with E-state index in [-0.39, 0.29) is 31.6 Å². The lowest BCUT2D eigenvalue weighted by molar-refractivity contribution is -0.120. The third-order valence-corrected chi connectivity index (χ3v) is 6.14. The first-order chi connectivity index (χ1) is 16.5. The molecular formula is C26H34F2N4O3. The van der Waals surface area contributed by atoms with Gasteiger partial charge in [-0.15, -0.1) is 0 Å². The third kappa shape index (κ3) is 7.73. The van der Waals surface area contributed by atoms with E-state index in [1.165, 1.54) is 24.6 Å². The van der Waals surface area contributed by atoms with Crippen LogP contribution in [0.4, 0.5) is 13.6 Å². The van der Waals surface area contributed by atoms with Crippen LogP contribution in [0.3, 0.4) is 0 Å². The topological polar surface area (TPSA) is 93.7 Å². The summed E-state index contributed by atoms with van der Waals surface area (Å²) in [5, 5.41) is 19.5. The summed E-state index contributed by atoms with van der Waals surface area (Å²) in [6, 6.07) is 10.3. The van der Waals surface area contributed by atoms with Gasteiger partial charge in [0.15, 0.2) is 0 Å². The molecule has 1 heterocycles. The maximum Gasteiger partial charge on any atom is 0.319 e. The molecule has 9 heteroatoms. The Bertz CT molecular complexity index is 1030. The van der Waals surface area contributed by atoms with E-state index in [4.69, 9.17) is 0 Å². The second kappa shape index (κ2) is 11.6. The summed E-state index contributed by atoms with van der Waals surface area (Å²) in [5.41, 5.74) is 2.00. The van der Waals surface area contributed by atoms with Crippen LogP contribution in [0.5, 0.6) is 0 Å². The van der Waals surface area contributed by atoms with Gasteiger partial charge in [0, 0.05) is 26.1 Å². The number of urea groups is 1. The van der Waals surface area contributed by atoms with Crippen LogP contribution in [0.2, 0.25) is 0 Å². The van der Waals surface area contributed by atoms with Crippen LogP contribution >= 0.6 is 0 Å². The van der Waals surface area contributed by atoms with Crippen molar-refractivity contribution in [3.63, 3.8) is 0 Å². The number of rotatable bonds is 8. The van der Waals surface area contributed by atoms with Crippen molar-refractivity contribution in [3.05, 3.63) is 70.8 Å². The largest absolute Gasteiger partial charge is 0.390 e. The van der Waals surface area contributed by atoms with E-state index < -0.39 is 29.3 Å². The summed E-state index contributed by atoms with van der Waals surface area (Å²) in [7, 11) is 0. The smallest absolute Gasteiger partial charge is 0.319 e. The fraction of sp³-hybridized carbons (Fsp3) is 0.462. The normalized spacial score (nSPS) is 17.3. The van der Waals surface area contributed by atoms with Crippen molar-refractivity contribution in [2.24, 2.45) is 0 Å². The molecule has 1 aliphatic heterocycles. The zero-order chi connectivity index (χ0) is 25.6. The number of carbonyl (C=O) groups is 2. The molecule has 0 aromatic heterocycles. The van der Waals surface area contributed by atoms with Crippen molar-refractivity contribution in [1.82, 2.24) is 20.9 Å². The Morgan fingerprint density at radius 2 is 1.91 bits per heavy atom. The lowest BCUT2D eigenvalue weighted by atomic mass is 9.91. The van der Waals surface area contributed by atoms with Gasteiger partial charge in [-0.25, -0.2) is 13.6 Å². The van der Waals surface area contributed by atoms with Gasteiger partial charge in [-0.1, -0.05) is 24.3 Å². The van der Waals surface area contributed by atoms with Crippen molar-refractivity contribution in [2.75, 3.05) is 19.8 Å². The summed E-state index contributed by atoms with van der Waals surface area (Å²) in [5.74, 6) is -1.82. The molecule has 2 atom stereocenters. The van der Waals surface area contributed by atoms with Crippen LogP contribution in [0.25, 0.3) is 0 Å². The number of aliphatic hydroxyl groups excluding tert-OH is 1. The highest BCUT2D eigenvalue weighted by Crippen LogP contribution is 2.23. The van der Waals surface area contributed by atoms with Crippen molar-refractivity contribution in [1.29, 1.82) is 0 Å². The number of carbonyl (C=O) groups excluding carboxylic acids is 2. The number of nitrogens with one attached hydrogen (secondary N) is 3. The van der Waals surface area contributed by atoms with E-state index in [1.54, 1.807) is 4.90 Å². The predicted octanol–water partition coefficient (Wildman–Crippen LogP) is 2.81. The lowest BCUT2D eigenvalue weighted by Crippen LogP contribution is -2.53. The van der Waals surface area contributed by atoms with Gasteiger partial charge in [-0.3, -0.25) is 10.1 Å². The van der Waals surface area contributed by atoms with Crippen LogP contribution in [0.15, 0.2) is 42.5 Å². The van der Waals surface area contributed by atoms with Gasteiger partial charge < -0.3 is 20.6 Å². The SMILES string of the molecule is CC(=O)NC(Cc1cc(F)cc(F)c1)C(O)CNCN1CCCc2cccc(c2)C(C)(C)NC1=O. The summed E-state index contributed by atoms with van der Waals surface area (Å²) in [6.45, 7) is 5.99. The van der Waals surface area contributed by atoms with E-state index >= 15 is 0 Å². The average Bonchev–Trinajstić information content (AvgIpc) is 2.76. The van der Waals surface area contributed by atoms with Gasteiger partial charge in [0.05, 0.1) is 24.4 Å². The first-order valence-electron chi connectivity index (χ1n) is 11.8. The Balaban J connectivity index is 1.61. The minimum absolute atomic E-state index is 0.0488. The van der Waals surface area contributed by atoms with E-state index in [9.17, 15) is 23.5 Å². The second-order valence-corrected chi connectivity index (χ2v) is 9.59. The number of aryl methyl sites for hydroxylation is 1. The molecule has 3 amide bonds. The quantitative estimate of drug-likeness (QED) is 0.460. The average molecular weight is 489 g/mol. The number of hydrogen-bond donors (Lipinski definition) is 4. The van der Waals surface area contributed by atoms with Gasteiger partial charge in [0.1, 0.15) is 11.6 Å². The molecule has 0 saturated carbocycles. The number of benzene rings is 2. The number of fused-ring (bicyclic) bond motifs is 2. The third-order valence-electron chi connectivity index (χ3n) is 6.14. The molecular weight excluding hydrogens is 454 g/mol. The molecule has 0 spiro atoms. The highest BCUT2D eigenvalue weighted by Gasteiger charge is 2.27. The molecule has 2 bridgehead atoms. The Morgan fingerprint density at radius 1 is 1.20 bits per heavy atom. The molecule has 0 fully saturated rings. The Hall–Kier alpha value is -3.04. The van der Waals surface area contributed by atoms with Crippen molar-refractivity contribution >= 4 is 11.9 Å². The number of aliphatic hydroxyl groups is 1. The lowest BCUT2D eigenvalue weighted by Gasteiger charge is -2.33. The van der Waals surface area contributed by atoms with Gasteiger partial charge in [0.2, 0.25) is 5.91 Å². The summed E-state index contributed by atoms with van der Waals surface area (Å²) >= 11 is 0. The summed E-state index contributed by atoms with van der Waals surface area (Å²) in [4.78, 5) is 26.3. The molecule has 0 radical (unpaired) electrons. The predicted molar refractivity (Wildman–Crippen MR) is 130 cm³/mol. The van der Waals surface area contributed by atoms with Gasteiger partial charge in [-0.2, -0.15) is 0 Å². The standard InChI is InChI=1S/C26H34F2N4O3/c1-17(33)30-23(13-19-11-21(27)14-22(28)12-19)24(34)15-29-16-32-9-5-7-18-6-4-8-20(10-18)26(2,3)31-25(32)35/h4,6,8,10-12,14,23-24,29,34H,5,7,9,13,15-16H2,1-3H3,(H,30,33)(H,31,35). The number of halogens is 2. The molecule has 4 N–H and O–H groups in total. The van der Waals surface area contributed by atoms with E-state index in [2.05, 4.69) is 28.1 Å². The minimum Gasteiger partial charge on any atom is -0.390 e. The Kier molecular flexibility index (Phi) is 8.80. The molecule has 1 aliphatic rings. The molecule has 7 nitrogen and oxygen atoms in total. The van der Waals surface area contributed by atoms with Crippen LogP contribution < -0.4 is 16.0 Å². The van der Waals surface area contributed by atoms with E-state index in [1.807, 2.05) is 26.0 Å². The highest BCUT2D eigenvalue weighted by molar-refractivity contribution is 5.75. The van der Waals surface area contributed by atoms with E-state index in [0.29, 0.717) is 12.1 Å². The highest BCUT2D eigenvalue weighted by atomic mass is 19.1. The van der Waals surface area contributed by atoms with Gasteiger partial charge in [0.25, 0.3) is 0 Å². The molecule has 35 heavy (non-hydrogen) atoms. The van der Waals surface area contributed by atoms with E-state index in [0.717, 1.165) is 24.5 Å². The number of nitrogens with zero attached hydrogens (tertiary/aromatic N) is 1. The molecule has 0 aliphatic carbocycles. The van der Waals surface area contributed by atoms with Crippen molar-refractivity contribution in [3.8, 4) is 0 Å². The first-order valence-corrected chi connectivity index (χ1v) is 11.8. The molecule has 3 rings (SSSR count). The molecule has 2 aromatic rings. The molecule has 190 valence electrons. The van der Waals surface area contributed by atoms with Crippen LogP contribution in [0.1, 0.15) is 43.9 Å². The van der Waals surface area contributed by atoms with Crippen LogP contribution in [0, 0.1) is 11.6 Å². The summed E-state index contributed by atoms with van der Waals surface area (Å²) in [6.07, 6.45) is 0.616.